The van der Waals surface area contributed by atoms with Crippen LogP contribution in [0.15, 0.2) is 0 Å². The highest BCUT2D eigenvalue weighted by Crippen LogP contribution is 2.19. The Labute approximate surface area is 84.0 Å². The molecule has 1 fully saturated rings. The Bertz CT molecular complexity index is 108. The van der Waals surface area contributed by atoms with Gasteiger partial charge in [0.2, 0.25) is 0 Å². The largest absolute Gasteiger partial charge is 0.378 e. The molecule has 0 spiro atoms. The van der Waals surface area contributed by atoms with E-state index in [9.17, 15) is 0 Å². The van der Waals surface area contributed by atoms with Crippen molar-refractivity contribution < 1.29 is 4.74 Å². The lowest BCUT2D eigenvalue weighted by Gasteiger charge is -2.08. The molecule has 2 heteroatoms. The van der Waals surface area contributed by atoms with Gasteiger partial charge in [-0.15, -0.1) is 0 Å². The number of alkyl halides is 1. The van der Waals surface area contributed by atoms with Crippen molar-refractivity contribution in [1.29, 1.82) is 0 Å². The Balaban J connectivity index is 1.88. The van der Waals surface area contributed by atoms with E-state index in [1.165, 1.54) is 38.5 Å². The molecule has 2 atom stereocenters. The molecule has 0 amide bonds. The quantitative estimate of drug-likeness (QED) is 0.523. The minimum absolute atomic E-state index is 0.593. The van der Waals surface area contributed by atoms with Crippen LogP contribution in [0.2, 0.25) is 0 Å². The first-order valence-electron chi connectivity index (χ1n) is 5.04. The molecule has 2 unspecified atom stereocenters. The molecule has 0 bridgehead atoms. The minimum Gasteiger partial charge on any atom is -0.378 e. The summed E-state index contributed by atoms with van der Waals surface area (Å²) in [4.78, 5) is 0.682. The summed E-state index contributed by atoms with van der Waals surface area (Å²) < 4.78 is 5.55. The SMILES string of the molecule is CC(Br)CCCCC1CCCO1. The second kappa shape index (κ2) is 5.98. The molecule has 1 rings (SSSR count). The van der Waals surface area contributed by atoms with Crippen molar-refractivity contribution in [2.24, 2.45) is 0 Å². The fourth-order valence-electron chi connectivity index (χ4n) is 1.67. The highest BCUT2D eigenvalue weighted by molar-refractivity contribution is 9.09. The van der Waals surface area contributed by atoms with E-state index in [1.807, 2.05) is 0 Å². The van der Waals surface area contributed by atoms with E-state index in [-0.39, 0.29) is 0 Å². The monoisotopic (exact) mass is 234 g/mol. The summed E-state index contributed by atoms with van der Waals surface area (Å²) in [6.07, 6.45) is 8.42. The highest BCUT2D eigenvalue weighted by Gasteiger charge is 2.14. The van der Waals surface area contributed by atoms with Gasteiger partial charge in [-0.1, -0.05) is 35.7 Å². The molecule has 0 saturated carbocycles. The lowest BCUT2D eigenvalue weighted by molar-refractivity contribution is 0.102. The molecule has 0 aromatic rings. The Morgan fingerprint density at radius 1 is 1.50 bits per heavy atom. The van der Waals surface area contributed by atoms with E-state index < -0.39 is 0 Å². The summed E-state index contributed by atoms with van der Waals surface area (Å²) in [5.41, 5.74) is 0. The third kappa shape index (κ3) is 4.46. The number of halogens is 1. The van der Waals surface area contributed by atoms with E-state index in [0.717, 1.165) is 6.61 Å². The van der Waals surface area contributed by atoms with Crippen LogP contribution in [0.3, 0.4) is 0 Å². The van der Waals surface area contributed by atoms with Crippen LogP contribution in [-0.2, 0) is 4.74 Å². The van der Waals surface area contributed by atoms with Crippen LogP contribution in [0.5, 0.6) is 0 Å². The number of hydrogen-bond acceptors (Lipinski definition) is 1. The summed E-state index contributed by atoms with van der Waals surface area (Å²) in [7, 11) is 0. The lowest BCUT2D eigenvalue weighted by Crippen LogP contribution is -2.04. The fourth-order valence-corrected chi connectivity index (χ4v) is 1.99. The zero-order valence-corrected chi connectivity index (χ0v) is 9.48. The van der Waals surface area contributed by atoms with Gasteiger partial charge in [0.1, 0.15) is 0 Å². The Kier molecular flexibility index (Phi) is 5.24. The Morgan fingerprint density at radius 3 is 2.92 bits per heavy atom. The molecule has 0 aliphatic carbocycles. The molecule has 0 N–H and O–H groups in total. The van der Waals surface area contributed by atoms with E-state index >= 15 is 0 Å². The molecular formula is C10H19BrO. The van der Waals surface area contributed by atoms with Gasteiger partial charge in [0.25, 0.3) is 0 Å². The average Bonchev–Trinajstić information content (AvgIpc) is 2.49. The van der Waals surface area contributed by atoms with Gasteiger partial charge in [0, 0.05) is 11.4 Å². The Morgan fingerprint density at radius 2 is 2.33 bits per heavy atom. The first kappa shape index (κ1) is 10.5. The molecular weight excluding hydrogens is 216 g/mol. The van der Waals surface area contributed by atoms with Crippen LogP contribution in [0, 0.1) is 0 Å². The van der Waals surface area contributed by atoms with Crippen molar-refractivity contribution >= 4 is 15.9 Å². The number of hydrogen-bond donors (Lipinski definition) is 0. The maximum Gasteiger partial charge on any atom is 0.0576 e. The van der Waals surface area contributed by atoms with Crippen molar-refractivity contribution in [1.82, 2.24) is 0 Å². The predicted molar refractivity (Wildman–Crippen MR) is 55.8 cm³/mol. The standard InChI is InChI=1S/C10H19BrO/c1-9(11)5-2-3-6-10-7-4-8-12-10/h9-10H,2-8H2,1H3. The van der Waals surface area contributed by atoms with E-state index in [4.69, 9.17) is 4.74 Å². The van der Waals surface area contributed by atoms with E-state index in [0.29, 0.717) is 10.9 Å². The van der Waals surface area contributed by atoms with Crippen molar-refractivity contribution in [3.05, 3.63) is 0 Å². The molecule has 0 aromatic heterocycles. The maximum atomic E-state index is 5.55. The van der Waals surface area contributed by atoms with Crippen LogP contribution in [0.1, 0.15) is 45.4 Å². The maximum absolute atomic E-state index is 5.55. The highest BCUT2D eigenvalue weighted by atomic mass is 79.9. The van der Waals surface area contributed by atoms with Crippen LogP contribution in [0.4, 0.5) is 0 Å². The summed E-state index contributed by atoms with van der Waals surface area (Å²) >= 11 is 3.56. The molecule has 0 radical (unpaired) electrons. The van der Waals surface area contributed by atoms with Gasteiger partial charge >= 0.3 is 0 Å². The number of ether oxygens (including phenoxy) is 1. The lowest BCUT2D eigenvalue weighted by atomic mass is 10.1. The molecule has 12 heavy (non-hydrogen) atoms. The van der Waals surface area contributed by atoms with Crippen molar-refractivity contribution in [2.45, 2.75) is 56.4 Å². The van der Waals surface area contributed by atoms with Gasteiger partial charge in [0.15, 0.2) is 0 Å². The third-order valence-electron chi connectivity index (χ3n) is 2.40. The molecule has 1 aliphatic rings. The summed E-state index contributed by atoms with van der Waals surface area (Å²) in [6.45, 7) is 3.21. The molecule has 1 nitrogen and oxygen atoms in total. The van der Waals surface area contributed by atoms with Crippen molar-refractivity contribution in [3.63, 3.8) is 0 Å². The van der Waals surface area contributed by atoms with Crippen LogP contribution >= 0.6 is 15.9 Å². The van der Waals surface area contributed by atoms with Crippen LogP contribution < -0.4 is 0 Å². The average molecular weight is 235 g/mol. The van der Waals surface area contributed by atoms with Gasteiger partial charge in [-0.2, -0.15) is 0 Å². The second-order valence-corrected chi connectivity index (χ2v) is 5.26. The molecule has 0 aromatic carbocycles. The van der Waals surface area contributed by atoms with Gasteiger partial charge in [-0.05, 0) is 25.7 Å². The molecule has 1 aliphatic heterocycles. The number of unbranched alkanes of at least 4 members (excludes halogenated alkanes) is 1. The summed E-state index contributed by atoms with van der Waals surface area (Å²) in [5, 5.41) is 0. The first-order chi connectivity index (χ1) is 5.79. The van der Waals surface area contributed by atoms with Crippen molar-refractivity contribution in [2.75, 3.05) is 6.61 Å². The molecule has 1 heterocycles. The second-order valence-electron chi connectivity index (χ2n) is 3.70. The Hall–Kier alpha value is 0.440. The normalized spacial score (nSPS) is 26.0. The first-order valence-corrected chi connectivity index (χ1v) is 5.96. The zero-order valence-electron chi connectivity index (χ0n) is 7.89. The third-order valence-corrected chi connectivity index (χ3v) is 2.86. The summed E-state index contributed by atoms with van der Waals surface area (Å²) in [5.74, 6) is 0. The molecule has 72 valence electrons. The smallest absolute Gasteiger partial charge is 0.0576 e. The number of rotatable bonds is 5. The van der Waals surface area contributed by atoms with Gasteiger partial charge < -0.3 is 4.74 Å². The fraction of sp³-hybridized carbons (Fsp3) is 1.00. The van der Waals surface area contributed by atoms with E-state index in [1.54, 1.807) is 0 Å². The topological polar surface area (TPSA) is 9.23 Å². The zero-order chi connectivity index (χ0) is 8.81. The van der Waals surface area contributed by atoms with Gasteiger partial charge in [-0.3, -0.25) is 0 Å². The van der Waals surface area contributed by atoms with Gasteiger partial charge in [0.05, 0.1) is 6.10 Å². The van der Waals surface area contributed by atoms with Crippen molar-refractivity contribution in [3.8, 4) is 0 Å². The minimum atomic E-state index is 0.593. The van der Waals surface area contributed by atoms with Crippen LogP contribution in [0.25, 0.3) is 0 Å². The summed E-state index contributed by atoms with van der Waals surface area (Å²) in [6, 6.07) is 0. The predicted octanol–water partition coefficient (Wildman–Crippen LogP) is 3.51. The molecule has 1 saturated heterocycles. The van der Waals surface area contributed by atoms with Crippen LogP contribution in [-0.4, -0.2) is 17.5 Å². The van der Waals surface area contributed by atoms with Gasteiger partial charge in [-0.25, -0.2) is 0 Å². The van der Waals surface area contributed by atoms with E-state index in [2.05, 4.69) is 22.9 Å².